The van der Waals surface area contributed by atoms with Gasteiger partial charge in [0.05, 0.1) is 5.41 Å². The maximum absolute atomic E-state index is 6.70. The Morgan fingerprint density at radius 2 is 0.860 bits per heavy atom. The number of hydrogen-bond acceptors (Lipinski definition) is 4. The Labute approximate surface area is 290 Å². The third-order valence-electron chi connectivity index (χ3n) is 10.0. The summed E-state index contributed by atoms with van der Waals surface area (Å²) in [4.78, 5) is 15.3. The van der Waals surface area contributed by atoms with Crippen LogP contribution in [0, 0.1) is 0 Å². The van der Waals surface area contributed by atoms with Gasteiger partial charge in [-0.1, -0.05) is 158 Å². The number of aromatic nitrogens is 3. The number of ether oxygens (including phenoxy) is 1. The molecule has 1 aliphatic heterocycles. The summed E-state index contributed by atoms with van der Waals surface area (Å²) in [6.07, 6.45) is 0. The van der Waals surface area contributed by atoms with Gasteiger partial charge in [-0.3, -0.25) is 0 Å². The van der Waals surface area contributed by atoms with Crippen molar-refractivity contribution >= 4 is 0 Å². The highest BCUT2D eigenvalue weighted by Gasteiger charge is 2.51. The molecule has 7 aromatic carbocycles. The number of rotatable bonds is 4. The molecule has 4 heteroatoms. The smallest absolute Gasteiger partial charge is 0.164 e. The fourth-order valence-electron chi connectivity index (χ4n) is 7.88. The molecule has 1 unspecified atom stereocenters. The molecule has 1 atom stereocenters. The molecule has 1 aliphatic carbocycles. The van der Waals surface area contributed by atoms with E-state index in [1.807, 2.05) is 60.7 Å². The maximum Gasteiger partial charge on any atom is 0.164 e. The van der Waals surface area contributed by atoms with Crippen LogP contribution in [0.15, 0.2) is 176 Å². The van der Waals surface area contributed by atoms with Crippen LogP contribution in [0.4, 0.5) is 0 Å². The van der Waals surface area contributed by atoms with E-state index in [0.717, 1.165) is 61.6 Å². The molecule has 1 aromatic heterocycles. The predicted molar refractivity (Wildman–Crippen MR) is 199 cm³/mol. The van der Waals surface area contributed by atoms with Gasteiger partial charge in [-0.15, -0.1) is 0 Å². The Morgan fingerprint density at radius 1 is 0.340 bits per heavy atom. The van der Waals surface area contributed by atoms with Crippen molar-refractivity contribution in [2.24, 2.45) is 0 Å². The highest BCUT2D eigenvalue weighted by Crippen LogP contribution is 2.63. The van der Waals surface area contributed by atoms with Crippen molar-refractivity contribution in [3.8, 4) is 67.9 Å². The molecule has 1 spiro atoms. The third kappa shape index (κ3) is 4.22. The van der Waals surface area contributed by atoms with E-state index >= 15 is 0 Å². The van der Waals surface area contributed by atoms with E-state index in [0.29, 0.717) is 17.5 Å². The van der Waals surface area contributed by atoms with Crippen LogP contribution in [0.5, 0.6) is 11.5 Å². The fourth-order valence-corrected chi connectivity index (χ4v) is 7.88. The SMILES string of the molecule is c1ccc(-c2ccc3c(c2)C2(c4ccccc4O3)c3ccccc3-c3c(-c4nc(-c5ccccc5)nc(-c5ccccc5)n4)cccc32)cc1. The second-order valence-corrected chi connectivity index (χ2v) is 12.7. The van der Waals surface area contributed by atoms with Crippen molar-refractivity contribution in [1.29, 1.82) is 0 Å². The lowest BCUT2D eigenvalue weighted by Crippen LogP contribution is -2.32. The van der Waals surface area contributed by atoms with Gasteiger partial charge in [0, 0.05) is 27.8 Å². The molecule has 50 heavy (non-hydrogen) atoms. The zero-order chi connectivity index (χ0) is 33.1. The molecule has 2 heterocycles. The minimum atomic E-state index is -0.631. The van der Waals surface area contributed by atoms with Crippen LogP contribution in [0.25, 0.3) is 56.4 Å². The quantitative estimate of drug-likeness (QED) is 0.192. The number of nitrogens with zero attached hydrogens (tertiary/aromatic N) is 3. The van der Waals surface area contributed by atoms with E-state index in [9.17, 15) is 0 Å². The van der Waals surface area contributed by atoms with E-state index < -0.39 is 5.41 Å². The first-order valence-electron chi connectivity index (χ1n) is 16.9. The molecular formula is C46H29N3O. The number of fused-ring (bicyclic) bond motifs is 9. The average Bonchev–Trinajstić information content (AvgIpc) is 3.49. The Kier molecular flexibility index (Phi) is 6.36. The summed E-state index contributed by atoms with van der Waals surface area (Å²) in [6.45, 7) is 0. The minimum Gasteiger partial charge on any atom is -0.457 e. The molecule has 0 radical (unpaired) electrons. The van der Waals surface area contributed by atoms with Crippen LogP contribution in [-0.4, -0.2) is 15.0 Å². The fraction of sp³-hybridized carbons (Fsp3) is 0.0217. The Hall–Kier alpha value is -6.65. The van der Waals surface area contributed by atoms with Crippen molar-refractivity contribution in [2.75, 3.05) is 0 Å². The molecule has 0 N–H and O–H groups in total. The third-order valence-corrected chi connectivity index (χ3v) is 10.0. The summed E-state index contributed by atoms with van der Waals surface area (Å²) < 4.78 is 6.70. The molecule has 10 rings (SSSR count). The van der Waals surface area contributed by atoms with Crippen molar-refractivity contribution in [1.82, 2.24) is 15.0 Å². The summed E-state index contributed by atoms with van der Waals surface area (Å²) in [6, 6.07) is 61.3. The Balaban J connectivity index is 1.28. The van der Waals surface area contributed by atoms with Gasteiger partial charge in [-0.2, -0.15) is 0 Å². The van der Waals surface area contributed by atoms with Crippen LogP contribution >= 0.6 is 0 Å². The number of hydrogen-bond donors (Lipinski definition) is 0. The summed E-state index contributed by atoms with van der Waals surface area (Å²) in [5, 5.41) is 0. The molecular weight excluding hydrogens is 611 g/mol. The van der Waals surface area contributed by atoms with Crippen LogP contribution in [-0.2, 0) is 5.41 Å². The number of para-hydroxylation sites is 1. The normalized spacial score (nSPS) is 15.0. The molecule has 8 aromatic rings. The monoisotopic (exact) mass is 639 g/mol. The van der Waals surface area contributed by atoms with Gasteiger partial charge in [-0.25, -0.2) is 15.0 Å². The van der Waals surface area contributed by atoms with Crippen LogP contribution in [0.1, 0.15) is 22.3 Å². The van der Waals surface area contributed by atoms with Crippen molar-refractivity contribution in [3.05, 3.63) is 198 Å². The van der Waals surface area contributed by atoms with Gasteiger partial charge in [0.2, 0.25) is 0 Å². The summed E-state index contributed by atoms with van der Waals surface area (Å²) in [7, 11) is 0. The van der Waals surface area contributed by atoms with Crippen LogP contribution in [0.3, 0.4) is 0 Å². The standard InChI is InChI=1S/C46H29N3O/c1-4-15-30(16-5-1)33-27-28-41-39(29-33)46(37-24-12-13-26-40(37)50-41)36-23-11-10-21-34(36)42-35(22-14-25-38(42)46)45-48-43(31-17-6-2-7-18-31)47-44(49-45)32-19-8-3-9-20-32/h1-29H. The van der Waals surface area contributed by atoms with Gasteiger partial charge >= 0.3 is 0 Å². The zero-order valence-corrected chi connectivity index (χ0v) is 27.0. The summed E-state index contributed by atoms with van der Waals surface area (Å²) in [5.41, 5.74) is 11.4. The second kappa shape index (κ2) is 11.2. The predicted octanol–water partition coefficient (Wildman–Crippen LogP) is 11.0. The molecule has 0 saturated carbocycles. The highest BCUT2D eigenvalue weighted by molar-refractivity contribution is 5.96. The minimum absolute atomic E-state index is 0.631. The first kappa shape index (κ1) is 28.4. The van der Waals surface area contributed by atoms with E-state index in [1.54, 1.807) is 0 Å². The largest absolute Gasteiger partial charge is 0.457 e. The Bertz CT molecular complexity index is 2510. The highest BCUT2D eigenvalue weighted by atomic mass is 16.5. The van der Waals surface area contributed by atoms with Gasteiger partial charge < -0.3 is 4.74 Å². The van der Waals surface area contributed by atoms with Crippen molar-refractivity contribution in [3.63, 3.8) is 0 Å². The van der Waals surface area contributed by atoms with Gasteiger partial charge in [0.15, 0.2) is 17.5 Å². The first-order valence-corrected chi connectivity index (χ1v) is 16.9. The van der Waals surface area contributed by atoms with Crippen molar-refractivity contribution in [2.45, 2.75) is 5.41 Å². The van der Waals surface area contributed by atoms with E-state index in [1.165, 1.54) is 11.1 Å². The van der Waals surface area contributed by atoms with E-state index in [4.69, 9.17) is 19.7 Å². The summed E-state index contributed by atoms with van der Waals surface area (Å²) in [5.74, 6) is 3.64. The molecule has 0 amide bonds. The lowest BCUT2D eigenvalue weighted by Gasteiger charge is -2.39. The lowest BCUT2D eigenvalue weighted by atomic mass is 9.65. The molecule has 2 aliphatic rings. The maximum atomic E-state index is 6.70. The van der Waals surface area contributed by atoms with Gasteiger partial charge in [0.1, 0.15) is 11.5 Å². The molecule has 0 saturated heterocycles. The summed E-state index contributed by atoms with van der Waals surface area (Å²) >= 11 is 0. The number of benzene rings is 7. The van der Waals surface area contributed by atoms with E-state index in [-0.39, 0.29) is 0 Å². The van der Waals surface area contributed by atoms with E-state index in [2.05, 4.69) is 115 Å². The van der Waals surface area contributed by atoms with Gasteiger partial charge in [-0.05, 0) is 51.6 Å². The average molecular weight is 640 g/mol. The first-order chi connectivity index (χ1) is 24.8. The molecule has 4 nitrogen and oxygen atoms in total. The molecule has 0 fully saturated rings. The lowest BCUT2D eigenvalue weighted by molar-refractivity contribution is 0.436. The topological polar surface area (TPSA) is 47.9 Å². The van der Waals surface area contributed by atoms with Crippen molar-refractivity contribution < 1.29 is 4.74 Å². The zero-order valence-electron chi connectivity index (χ0n) is 27.0. The second-order valence-electron chi connectivity index (χ2n) is 12.7. The molecule has 234 valence electrons. The van der Waals surface area contributed by atoms with Gasteiger partial charge in [0.25, 0.3) is 0 Å². The van der Waals surface area contributed by atoms with Crippen LogP contribution in [0.2, 0.25) is 0 Å². The van der Waals surface area contributed by atoms with Crippen LogP contribution < -0.4 is 4.74 Å². The molecule has 0 bridgehead atoms. The Morgan fingerprint density at radius 3 is 1.56 bits per heavy atom.